The van der Waals surface area contributed by atoms with Crippen molar-refractivity contribution in [2.75, 3.05) is 5.32 Å². The summed E-state index contributed by atoms with van der Waals surface area (Å²) in [6.45, 7) is 1.97. The van der Waals surface area contributed by atoms with E-state index in [1.165, 1.54) is 4.70 Å². The Balaban J connectivity index is 1.55. The molecule has 4 aromatic rings. The van der Waals surface area contributed by atoms with E-state index in [2.05, 4.69) is 37.6 Å². The molecule has 7 heteroatoms. The van der Waals surface area contributed by atoms with Crippen LogP contribution in [0.5, 0.6) is 0 Å². The highest BCUT2D eigenvalue weighted by molar-refractivity contribution is 7.99. The molecule has 0 aliphatic rings. The van der Waals surface area contributed by atoms with Crippen molar-refractivity contribution < 1.29 is 0 Å². The minimum Gasteiger partial charge on any atom is -0.323 e. The van der Waals surface area contributed by atoms with Gasteiger partial charge in [-0.1, -0.05) is 17.8 Å². The molecule has 0 spiro atoms. The fourth-order valence-corrected chi connectivity index (χ4v) is 3.81. The van der Waals surface area contributed by atoms with Gasteiger partial charge in [0.1, 0.15) is 10.8 Å². The van der Waals surface area contributed by atoms with E-state index in [1.54, 1.807) is 23.1 Å². The standard InChI is InChI=1S/C16H13N5S2/c1-10-7-15(21-20-10)18-14-3-2-4-16(19-14)23-11-5-6-12-13(8-11)22-9-17-12/h2-9H,1H3,(H2,18,19,20,21). The summed E-state index contributed by atoms with van der Waals surface area (Å²) >= 11 is 3.29. The maximum absolute atomic E-state index is 4.63. The van der Waals surface area contributed by atoms with Gasteiger partial charge >= 0.3 is 0 Å². The number of hydrogen-bond acceptors (Lipinski definition) is 6. The zero-order chi connectivity index (χ0) is 15.6. The van der Waals surface area contributed by atoms with Crippen LogP contribution >= 0.6 is 23.1 Å². The number of thiazole rings is 1. The van der Waals surface area contributed by atoms with Gasteiger partial charge in [0.2, 0.25) is 0 Å². The van der Waals surface area contributed by atoms with Crippen molar-refractivity contribution in [2.24, 2.45) is 0 Å². The van der Waals surface area contributed by atoms with Crippen molar-refractivity contribution in [1.82, 2.24) is 20.2 Å². The van der Waals surface area contributed by atoms with Gasteiger partial charge in [0.25, 0.3) is 0 Å². The molecule has 0 bridgehead atoms. The zero-order valence-electron chi connectivity index (χ0n) is 12.3. The fraction of sp³-hybridized carbons (Fsp3) is 0.0625. The van der Waals surface area contributed by atoms with Crippen LogP contribution in [0.25, 0.3) is 10.2 Å². The zero-order valence-corrected chi connectivity index (χ0v) is 13.9. The third-order valence-corrected chi connectivity index (χ3v) is 4.93. The van der Waals surface area contributed by atoms with Crippen molar-refractivity contribution >= 4 is 45.0 Å². The largest absolute Gasteiger partial charge is 0.323 e. The number of hydrogen-bond donors (Lipinski definition) is 2. The summed E-state index contributed by atoms with van der Waals surface area (Å²) in [7, 11) is 0. The quantitative estimate of drug-likeness (QED) is 0.568. The SMILES string of the molecule is Cc1cc(Nc2cccc(Sc3ccc4ncsc4c3)n2)n[nH]1. The average Bonchev–Trinajstić information content (AvgIpc) is 3.16. The molecule has 23 heavy (non-hydrogen) atoms. The molecular weight excluding hydrogens is 326 g/mol. The lowest BCUT2D eigenvalue weighted by Crippen LogP contribution is -1.94. The van der Waals surface area contributed by atoms with Crippen molar-refractivity contribution in [1.29, 1.82) is 0 Å². The van der Waals surface area contributed by atoms with Crippen molar-refractivity contribution in [3.05, 3.63) is 53.7 Å². The van der Waals surface area contributed by atoms with Gasteiger partial charge in [-0.25, -0.2) is 9.97 Å². The van der Waals surface area contributed by atoms with Crippen LogP contribution < -0.4 is 5.32 Å². The van der Waals surface area contributed by atoms with Crippen LogP contribution in [0.1, 0.15) is 5.69 Å². The number of benzene rings is 1. The van der Waals surface area contributed by atoms with Gasteiger partial charge in [-0.2, -0.15) is 5.10 Å². The number of nitrogens with zero attached hydrogens (tertiary/aromatic N) is 3. The maximum atomic E-state index is 4.63. The predicted octanol–water partition coefficient (Wildman–Crippen LogP) is 4.62. The summed E-state index contributed by atoms with van der Waals surface area (Å²) in [5, 5.41) is 11.2. The number of H-pyrrole nitrogens is 1. The Hall–Kier alpha value is -2.38. The maximum Gasteiger partial charge on any atom is 0.153 e. The molecular formula is C16H13N5S2. The van der Waals surface area contributed by atoms with Crippen molar-refractivity contribution in [3.63, 3.8) is 0 Å². The molecule has 0 aliphatic heterocycles. The van der Waals surface area contributed by atoms with Gasteiger partial charge < -0.3 is 5.32 Å². The second-order valence-corrected chi connectivity index (χ2v) is 6.99. The lowest BCUT2D eigenvalue weighted by atomic mass is 10.3. The third-order valence-electron chi connectivity index (χ3n) is 3.21. The van der Waals surface area contributed by atoms with E-state index in [0.717, 1.165) is 32.8 Å². The minimum atomic E-state index is 0.767. The van der Waals surface area contributed by atoms with Crippen LogP contribution in [0.2, 0.25) is 0 Å². The Bertz CT molecular complexity index is 960. The first-order valence-electron chi connectivity index (χ1n) is 7.03. The molecule has 114 valence electrons. The van der Waals surface area contributed by atoms with Gasteiger partial charge in [-0.05, 0) is 37.3 Å². The van der Waals surface area contributed by atoms with Crippen LogP contribution in [0.15, 0.2) is 57.9 Å². The summed E-state index contributed by atoms with van der Waals surface area (Å²) in [6, 6.07) is 14.1. The second-order valence-electron chi connectivity index (χ2n) is 5.01. The molecule has 0 unspecified atom stereocenters. The second kappa shape index (κ2) is 6.02. The number of nitrogens with one attached hydrogen (secondary N) is 2. The Labute approximate surface area is 141 Å². The van der Waals surface area contributed by atoms with Gasteiger partial charge in [0.05, 0.1) is 15.7 Å². The summed E-state index contributed by atoms with van der Waals surface area (Å²) in [5.74, 6) is 1.54. The molecule has 0 fully saturated rings. The number of aromatic nitrogens is 4. The smallest absolute Gasteiger partial charge is 0.153 e. The third kappa shape index (κ3) is 3.20. The van der Waals surface area contributed by atoms with Gasteiger partial charge in [-0.15, -0.1) is 11.3 Å². The van der Waals surface area contributed by atoms with Crippen LogP contribution in [0, 0.1) is 6.92 Å². The summed E-state index contributed by atoms with van der Waals surface area (Å²) < 4.78 is 1.19. The van der Waals surface area contributed by atoms with E-state index >= 15 is 0 Å². The number of pyridine rings is 1. The van der Waals surface area contributed by atoms with Crippen LogP contribution in [-0.2, 0) is 0 Å². The Morgan fingerprint density at radius 1 is 1.13 bits per heavy atom. The van der Waals surface area contributed by atoms with Crippen LogP contribution in [0.4, 0.5) is 11.6 Å². The molecule has 5 nitrogen and oxygen atoms in total. The molecule has 3 heterocycles. The molecule has 2 N–H and O–H groups in total. The molecule has 0 aliphatic carbocycles. The number of rotatable bonds is 4. The summed E-state index contributed by atoms with van der Waals surface area (Å²) in [6.07, 6.45) is 0. The summed E-state index contributed by atoms with van der Waals surface area (Å²) in [4.78, 5) is 10.1. The van der Waals surface area contributed by atoms with E-state index in [-0.39, 0.29) is 0 Å². The Kier molecular flexibility index (Phi) is 3.72. The highest BCUT2D eigenvalue weighted by atomic mass is 32.2. The molecule has 4 rings (SSSR count). The average molecular weight is 339 g/mol. The molecule has 0 amide bonds. The predicted molar refractivity (Wildman–Crippen MR) is 94.6 cm³/mol. The Morgan fingerprint density at radius 3 is 2.96 bits per heavy atom. The number of fused-ring (bicyclic) bond motifs is 1. The van der Waals surface area contributed by atoms with Gasteiger partial charge in [0.15, 0.2) is 5.82 Å². The lowest BCUT2D eigenvalue weighted by molar-refractivity contribution is 1.04. The molecule has 0 saturated carbocycles. The van der Waals surface area contributed by atoms with E-state index in [9.17, 15) is 0 Å². The highest BCUT2D eigenvalue weighted by Gasteiger charge is 2.05. The van der Waals surface area contributed by atoms with Gasteiger partial charge in [0, 0.05) is 16.7 Å². The molecule has 0 atom stereocenters. The number of aromatic amines is 1. The molecule has 0 radical (unpaired) electrons. The van der Waals surface area contributed by atoms with Crippen LogP contribution in [-0.4, -0.2) is 20.2 Å². The number of anilines is 2. The van der Waals surface area contributed by atoms with Crippen molar-refractivity contribution in [3.8, 4) is 0 Å². The lowest BCUT2D eigenvalue weighted by Gasteiger charge is -2.05. The van der Waals surface area contributed by atoms with E-state index in [4.69, 9.17) is 0 Å². The molecule has 1 aromatic carbocycles. The number of aryl methyl sites for hydroxylation is 1. The minimum absolute atomic E-state index is 0.767. The molecule has 3 aromatic heterocycles. The van der Waals surface area contributed by atoms with Crippen molar-refractivity contribution in [2.45, 2.75) is 16.8 Å². The first-order valence-corrected chi connectivity index (χ1v) is 8.73. The molecule has 0 saturated heterocycles. The topological polar surface area (TPSA) is 66.5 Å². The van der Waals surface area contributed by atoms with E-state index in [1.807, 2.05) is 42.8 Å². The van der Waals surface area contributed by atoms with Crippen LogP contribution in [0.3, 0.4) is 0 Å². The normalized spacial score (nSPS) is 11.0. The Morgan fingerprint density at radius 2 is 2.09 bits per heavy atom. The van der Waals surface area contributed by atoms with E-state index < -0.39 is 0 Å². The van der Waals surface area contributed by atoms with E-state index in [0.29, 0.717) is 0 Å². The first kappa shape index (κ1) is 14.2. The summed E-state index contributed by atoms with van der Waals surface area (Å²) in [5.41, 5.74) is 3.92. The fourth-order valence-electron chi connectivity index (χ4n) is 2.17. The first-order chi connectivity index (χ1) is 11.3. The highest BCUT2D eigenvalue weighted by Crippen LogP contribution is 2.30. The van der Waals surface area contributed by atoms with Gasteiger partial charge in [-0.3, -0.25) is 5.10 Å². The monoisotopic (exact) mass is 339 g/mol.